The van der Waals surface area contributed by atoms with Crippen LogP contribution in [0.4, 0.5) is 0 Å². The van der Waals surface area contributed by atoms with Crippen molar-refractivity contribution in [2.45, 2.75) is 31.7 Å². The van der Waals surface area contributed by atoms with E-state index in [2.05, 4.69) is 16.7 Å². The lowest BCUT2D eigenvalue weighted by atomic mass is 10.1. The van der Waals surface area contributed by atoms with Crippen molar-refractivity contribution in [1.29, 1.82) is 0 Å². The number of nitrogens with one attached hydrogen (secondary N) is 1. The van der Waals surface area contributed by atoms with Gasteiger partial charge in [0.2, 0.25) is 0 Å². The molecule has 0 atom stereocenters. The molecule has 0 aliphatic carbocycles. The average molecular weight is 247 g/mol. The SMILES string of the molecule is CN1CCC(NS(=O)(=O)N2CCCC2)CC1. The molecule has 0 spiro atoms. The van der Waals surface area contributed by atoms with E-state index in [1.54, 1.807) is 4.31 Å². The van der Waals surface area contributed by atoms with E-state index in [4.69, 9.17) is 0 Å². The number of hydrogen-bond donors (Lipinski definition) is 1. The third kappa shape index (κ3) is 2.94. The van der Waals surface area contributed by atoms with Crippen LogP contribution in [-0.4, -0.2) is 56.9 Å². The molecule has 94 valence electrons. The minimum atomic E-state index is -3.21. The Morgan fingerprint density at radius 3 is 2.19 bits per heavy atom. The Balaban J connectivity index is 1.88. The first kappa shape index (κ1) is 12.3. The highest BCUT2D eigenvalue weighted by molar-refractivity contribution is 7.87. The first-order valence-electron chi connectivity index (χ1n) is 6.04. The Labute approximate surface area is 98.0 Å². The molecule has 0 aromatic rings. The fourth-order valence-corrected chi connectivity index (χ4v) is 3.88. The van der Waals surface area contributed by atoms with E-state index >= 15 is 0 Å². The minimum Gasteiger partial charge on any atom is -0.306 e. The van der Waals surface area contributed by atoms with Gasteiger partial charge in [-0.25, -0.2) is 0 Å². The predicted octanol–water partition coefficient (Wildman–Crippen LogP) is 0.0108. The van der Waals surface area contributed by atoms with Crippen molar-refractivity contribution in [3.8, 4) is 0 Å². The van der Waals surface area contributed by atoms with Crippen molar-refractivity contribution in [3.63, 3.8) is 0 Å². The van der Waals surface area contributed by atoms with Gasteiger partial charge in [0.15, 0.2) is 0 Å². The van der Waals surface area contributed by atoms with Gasteiger partial charge >= 0.3 is 0 Å². The normalized spacial score (nSPS) is 26.3. The highest BCUT2D eigenvalue weighted by Crippen LogP contribution is 2.14. The molecule has 2 heterocycles. The molecule has 0 amide bonds. The van der Waals surface area contributed by atoms with Crippen molar-refractivity contribution >= 4 is 10.2 Å². The zero-order chi connectivity index (χ0) is 11.6. The van der Waals surface area contributed by atoms with Crippen molar-refractivity contribution in [2.24, 2.45) is 0 Å². The number of piperidine rings is 1. The van der Waals surface area contributed by atoms with Gasteiger partial charge in [0.25, 0.3) is 10.2 Å². The van der Waals surface area contributed by atoms with Gasteiger partial charge in [-0.2, -0.15) is 17.4 Å². The van der Waals surface area contributed by atoms with Crippen molar-refractivity contribution in [3.05, 3.63) is 0 Å². The lowest BCUT2D eigenvalue weighted by Crippen LogP contribution is -2.48. The molecule has 0 bridgehead atoms. The molecule has 5 nitrogen and oxygen atoms in total. The lowest BCUT2D eigenvalue weighted by Gasteiger charge is -2.30. The predicted molar refractivity (Wildman–Crippen MR) is 63.4 cm³/mol. The molecule has 2 aliphatic rings. The Morgan fingerprint density at radius 1 is 1.06 bits per heavy atom. The molecule has 1 N–H and O–H groups in total. The third-order valence-corrected chi connectivity index (χ3v) is 5.12. The van der Waals surface area contributed by atoms with Gasteiger partial charge in [0.1, 0.15) is 0 Å². The maximum Gasteiger partial charge on any atom is 0.279 e. The van der Waals surface area contributed by atoms with Crippen LogP contribution in [0.5, 0.6) is 0 Å². The first-order chi connectivity index (χ1) is 7.58. The molecule has 2 fully saturated rings. The zero-order valence-electron chi connectivity index (χ0n) is 9.85. The molecule has 16 heavy (non-hydrogen) atoms. The zero-order valence-corrected chi connectivity index (χ0v) is 10.7. The van der Waals surface area contributed by atoms with Gasteiger partial charge in [-0.3, -0.25) is 0 Å². The maximum absolute atomic E-state index is 12.0. The first-order valence-corrected chi connectivity index (χ1v) is 7.48. The summed E-state index contributed by atoms with van der Waals surface area (Å²) in [5.41, 5.74) is 0. The second kappa shape index (κ2) is 5.00. The Hall–Kier alpha value is -0.170. The summed E-state index contributed by atoms with van der Waals surface area (Å²) in [7, 11) is -1.14. The largest absolute Gasteiger partial charge is 0.306 e. The van der Waals surface area contributed by atoms with E-state index in [-0.39, 0.29) is 6.04 Å². The number of nitrogens with zero attached hydrogens (tertiary/aromatic N) is 2. The van der Waals surface area contributed by atoms with Crippen LogP contribution in [0, 0.1) is 0 Å². The van der Waals surface area contributed by atoms with Crippen LogP contribution >= 0.6 is 0 Å². The summed E-state index contributed by atoms with van der Waals surface area (Å²) in [4.78, 5) is 2.24. The lowest BCUT2D eigenvalue weighted by molar-refractivity contribution is 0.246. The van der Waals surface area contributed by atoms with Crippen LogP contribution in [0.1, 0.15) is 25.7 Å². The fraction of sp³-hybridized carbons (Fsp3) is 1.00. The summed E-state index contributed by atoms with van der Waals surface area (Å²) >= 11 is 0. The summed E-state index contributed by atoms with van der Waals surface area (Å²) < 4.78 is 28.4. The highest BCUT2D eigenvalue weighted by atomic mass is 32.2. The van der Waals surface area contributed by atoms with Crippen LogP contribution in [0.25, 0.3) is 0 Å². The van der Waals surface area contributed by atoms with Gasteiger partial charge in [0, 0.05) is 19.1 Å². The van der Waals surface area contributed by atoms with E-state index in [9.17, 15) is 8.42 Å². The Bertz CT molecular complexity index is 317. The van der Waals surface area contributed by atoms with Gasteiger partial charge in [-0.05, 0) is 45.8 Å². The smallest absolute Gasteiger partial charge is 0.279 e. The summed E-state index contributed by atoms with van der Waals surface area (Å²) in [5.74, 6) is 0. The van der Waals surface area contributed by atoms with Crippen molar-refractivity contribution < 1.29 is 8.42 Å². The number of likely N-dealkylation sites (tertiary alicyclic amines) is 1. The standard InChI is InChI=1S/C10H21N3O2S/c1-12-8-4-10(5-9-12)11-16(14,15)13-6-2-3-7-13/h10-11H,2-9H2,1H3. The van der Waals surface area contributed by atoms with Crippen LogP contribution in [0.3, 0.4) is 0 Å². The number of rotatable bonds is 3. The van der Waals surface area contributed by atoms with E-state index in [1.807, 2.05) is 0 Å². The molecule has 2 aliphatic heterocycles. The monoisotopic (exact) mass is 247 g/mol. The molecule has 0 aromatic carbocycles. The number of hydrogen-bond acceptors (Lipinski definition) is 3. The molecule has 2 rings (SSSR count). The fourth-order valence-electron chi connectivity index (χ4n) is 2.34. The van der Waals surface area contributed by atoms with Gasteiger partial charge < -0.3 is 4.90 Å². The molecule has 6 heteroatoms. The summed E-state index contributed by atoms with van der Waals surface area (Å²) in [6, 6.07) is 0.127. The highest BCUT2D eigenvalue weighted by Gasteiger charge is 2.28. The Morgan fingerprint density at radius 2 is 1.62 bits per heavy atom. The molecule has 0 radical (unpaired) electrons. The van der Waals surface area contributed by atoms with E-state index in [0.29, 0.717) is 13.1 Å². The third-order valence-electron chi connectivity index (χ3n) is 3.44. The van der Waals surface area contributed by atoms with Crippen LogP contribution in [0.2, 0.25) is 0 Å². The summed E-state index contributed by atoms with van der Waals surface area (Å²) in [6.07, 6.45) is 3.83. The van der Waals surface area contributed by atoms with Gasteiger partial charge in [0.05, 0.1) is 0 Å². The second-order valence-electron chi connectivity index (χ2n) is 4.81. The molecular formula is C10H21N3O2S. The van der Waals surface area contributed by atoms with E-state index in [0.717, 1.165) is 38.8 Å². The molecule has 0 saturated carbocycles. The maximum atomic E-state index is 12.0. The van der Waals surface area contributed by atoms with E-state index < -0.39 is 10.2 Å². The molecule has 2 saturated heterocycles. The summed E-state index contributed by atoms with van der Waals surface area (Å²) in [5, 5.41) is 0. The molecule has 0 aromatic heterocycles. The second-order valence-corrected chi connectivity index (χ2v) is 6.51. The Kier molecular flexibility index (Phi) is 3.84. The topological polar surface area (TPSA) is 52.7 Å². The quantitative estimate of drug-likeness (QED) is 0.764. The van der Waals surface area contributed by atoms with Crippen LogP contribution < -0.4 is 4.72 Å². The van der Waals surface area contributed by atoms with Crippen LogP contribution in [0.15, 0.2) is 0 Å². The average Bonchev–Trinajstić information content (AvgIpc) is 2.75. The van der Waals surface area contributed by atoms with Gasteiger partial charge in [-0.15, -0.1) is 0 Å². The van der Waals surface area contributed by atoms with Crippen molar-refractivity contribution in [2.75, 3.05) is 33.2 Å². The summed E-state index contributed by atoms with van der Waals surface area (Å²) in [6.45, 7) is 3.32. The minimum absolute atomic E-state index is 0.127. The molecule has 0 unspecified atom stereocenters. The molecular weight excluding hydrogens is 226 g/mol. The van der Waals surface area contributed by atoms with Crippen molar-refractivity contribution in [1.82, 2.24) is 13.9 Å². The van der Waals surface area contributed by atoms with E-state index in [1.165, 1.54) is 0 Å². The van der Waals surface area contributed by atoms with Crippen LogP contribution in [-0.2, 0) is 10.2 Å². The van der Waals surface area contributed by atoms with Gasteiger partial charge in [-0.1, -0.05) is 0 Å².